The van der Waals surface area contributed by atoms with Crippen molar-refractivity contribution in [3.63, 3.8) is 0 Å². The van der Waals surface area contributed by atoms with Gasteiger partial charge in [-0.05, 0) is 32.9 Å². The Balaban J connectivity index is 2.01. The number of aromatic nitrogens is 2. The average Bonchev–Trinajstić information content (AvgIpc) is 2.88. The molecule has 0 amide bonds. The normalized spacial score (nSPS) is 10.8. The molecular weight excluding hydrogens is 304 g/mol. The molecule has 0 aromatic carbocycles. The molecule has 5 nitrogen and oxygen atoms in total. The Bertz CT molecular complexity index is 484. The number of hydrogen-bond donors (Lipinski definition) is 1. The fourth-order valence-electron chi connectivity index (χ4n) is 1.39. The molecule has 2 aromatic heterocycles. The van der Waals surface area contributed by atoms with Crippen molar-refractivity contribution in [2.24, 2.45) is 5.73 Å². The quantitative estimate of drug-likeness (QED) is 0.914. The Kier molecular flexibility index (Phi) is 4.14. The molecule has 0 fully saturated rings. The minimum absolute atomic E-state index is 0.517. The van der Waals surface area contributed by atoms with Crippen LogP contribution in [0.4, 0.5) is 6.01 Å². The Hall–Kier alpha value is -0.920. The molecule has 0 bridgehead atoms. The van der Waals surface area contributed by atoms with Crippen molar-refractivity contribution >= 4 is 33.3 Å². The van der Waals surface area contributed by atoms with E-state index in [1.807, 2.05) is 11.9 Å². The summed E-state index contributed by atoms with van der Waals surface area (Å²) in [7, 11) is 1.92. The highest BCUT2D eigenvalue weighted by atomic mass is 79.9. The topological polar surface area (TPSA) is 68.2 Å². The number of rotatable bonds is 5. The Labute approximate surface area is 112 Å². The molecule has 7 heteroatoms. The summed E-state index contributed by atoms with van der Waals surface area (Å²) in [5, 5.41) is 10.0. The zero-order valence-electron chi connectivity index (χ0n) is 9.39. The van der Waals surface area contributed by atoms with Crippen molar-refractivity contribution in [2.45, 2.75) is 13.0 Å². The van der Waals surface area contributed by atoms with Crippen molar-refractivity contribution in [1.29, 1.82) is 0 Å². The molecule has 2 aromatic rings. The number of halogens is 1. The van der Waals surface area contributed by atoms with E-state index < -0.39 is 0 Å². The third kappa shape index (κ3) is 3.27. The molecule has 2 N–H and O–H groups in total. The SMILES string of the molecule is CN(Cc1csc(Br)c1)c1nnc(CCN)o1. The van der Waals surface area contributed by atoms with E-state index in [0.717, 1.165) is 10.3 Å². The molecular formula is C10H13BrN4OS. The summed E-state index contributed by atoms with van der Waals surface area (Å²) in [5.74, 6) is 0.584. The Morgan fingerprint density at radius 3 is 3.00 bits per heavy atom. The molecule has 0 spiro atoms. The van der Waals surface area contributed by atoms with Crippen LogP contribution in [0.2, 0.25) is 0 Å². The summed E-state index contributed by atoms with van der Waals surface area (Å²) in [6.07, 6.45) is 0.616. The van der Waals surface area contributed by atoms with Gasteiger partial charge in [-0.2, -0.15) is 0 Å². The van der Waals surface area contributed by atoms with Crippen LogP contribution in [0.1, 0.15) is 11.5 Å². The largest absolute Gasteiger partial charge is 0.408 e. The second kappa shape index (κ2) is 5.61. The second-order valence-corrected chi connectivity index (χ2v) is 5.92. The zero-order valence-corrected chi connectivity index (χ0v) is 11.8. The van der Waals surface area contributed by atoms with Crippen LogP contribution in [0.5, 0.6) is 0 Å². The molecule has 0 aliphatic rings. The highest BCUT2D eigenvalue weighted by Gasteiger charge is 2.11. The average molecular weight is 317 g/mol. The van der Waals surface area contributed by atoms with Crippen LogP contribution >= 0.6 is 27.3 Å². The van der Waals surface area contributed by atoms with Crippen LogP contribution in [0, 0.1) is 0 Å². The van der Waals surface area contributed by atoms with E-state index in [4.69, 9.17) is 10.2 Å². The first-order valence-electron chi connectivity index (χ1n) is 5.15. The fraction of sp³-hybridized carbons (Fsp3) is 0.400. The highest BCUT2D eigenvalue weighted by Crippen LogP contribution is 2.22. The van der Waals surface area contributed by atoms with Crippen LogP contribution in [-0.4, -0.2) is 23.8 Å². The maximum atomic E-state index is 5.48. The van der Waals surface area contributed by atoms with Gasteiger partial charge in [0.05, 0.1) is 3.79 Å². The van der Waals surface area contributed by atoms with E-state index in [1.165, 1.54) is 5.56 Å². The number of hydrogen-bond acceptors (Lipinski definition) is 6. The highest BCUT2D eigenvalue weighted by molar-refractivity contribution is 9.11. The molecule has 17 heavy (non-hydrogen) atoms. The summed E-state index contributed by atoms with van der Waals surface area (Å²) in [4.78, 5) is 1.92. The summed E-state index contributed by atoms with van der Waals surface area (Å²) in [6, 6.07) is 2.61. The minimum Gasteiger partial charge on any atom is -0.408 e. The van der Waals surface area contributed by atoms with Crippen molar-refractivity contribution in [3.8, 4) is 0 Å². The van der Waals surface area contributed by atoms with E-state index in [9.17, 15) is 0 Å². The van der Waals surface area contributed by atoms with Gasteiger partial charge in [0.25, 0.3) is 0 Å². The molecule has 0 radical (unpaired) electrons. The minimum atomic E-state index is 0.517. The molecule has 0 unspecified atom stereocenters. The van der Waals surface area contributed by atoms with E-state index in [1.54, 1.807) is 11.3 Å². The van der Waals surface area contributed by atoms with Gasteiger partial charge in [0, 0.05) is 26.6 Å². The van der Waals surface area contributed by atoms with Gasteiger partial charge in [0.2, 0.25) is 5.89 Å². The van der Waals surface area contributed by atoms with E-state index in [2.05, 4.69) is 37.6 Å². The molecule has 0 aliphatic heterocycles. The van der Waals surface area contributed by atoms with Crippen LogP contribution in [0.15, 0.2) is 19.6 Å². The summed E-state index contributed by atoms with van der Waals surface area (Å²) in [5.41, 5.74) is 6.64. The summed E-state index contributed by atoms with van der Waals surface area (Å²) < 4.78 is 6.60. The molecule has 0 atom stereocenters. The van der Waals surface area contributed by atoms with Gasteiger partial charge in [0.15, 0.2) is 0 Å². The first kappa shape index (κ1) is 12.5. The van der Waals surface area contributed by atoms with Crippen LogP contribution in [-0.2, 0) is 13.0 Å². The van der Waals surface area contributed by atoms with Crippen LogP contribution in [0.3, 0.4) is 0 Å². The second-order valence-electron chi connectivity index (χ2n) is 3.63. The molecule has 92 valence electrons. The lowest BCUT2D eigenvalue weighted by atomic mass is 10.3. The van der Waals surface area contributed by atoms with Gasteiger partial charge >= 0.3 is 6.01 Å². The van der Waals surface area contributed by atoms with Gasteiger partial charge in [-0.25, -0.2) is 0 Å². The molecule has 2 heterocycles. The lowest BCUT2D eigenvalue weighted by Gasteiger charge is -2.12. The third-order valence-electron chi connectivity index (χ3n) is 2.18. The number of thiophene rings is 1. The van der Waals surface area contributed by atoms with E-state index in [0.29, 0.717) is 24.9 Å². The van der Waals surface area contributed by atoms with Gasteiger partial charge in [-0.1, -0.05) is 5.10 Å². The predicted octanol–water partition coefficient (Wildman–Crippen LogP) is 2.03. The lowest BCUT2D eigenvalue weighted by molar-refractivity contribution is 0.490. The van der Waals surface area contributed by atoms with Gasteiger partial charge in [-0.3, -0.25) is 0 Å². The summed E-state index contributed by atoms with van der Waals surface area (Å²) in [6.45, 7) is 1.26. The Morgan fingerprint density at radius 1 is 1.53 bits per heavy atom. The van der Waals surface area contributed by atoms with Crippen molar-refractivity contribution in [3.05, 3.63) is 26.7 Å². The molecule has 2 rings (SSSR count). The number of nitrogens with two attached hydrogens (primary N) is 1. The standard InChI is InChI=1S/C10H13BrN4OS/c1-15(5-7-4-8(11)17-6-7)10-14-13-9(16-10)2-3-12/h4,6H,2-3,5,12H2,1H3. The van der Waals surface area contributed by atoms with Gasteiger partial charge in [-0.15, -0.1) is 16.4 Å². The van der Waals surface area contributed by atoms with Crippen LogP contribution < -0.4 is 10.6 Å². The smallest absolute Gasteiger partial charge is 0.318 e. The molecule has 0 aliphatic carbocycles. The van der Waals surface area contributed by atoms with Gasteiger partial charge < -0.3 is 15.1 Å². The van der Waals surface area contributed by atoms with E-state index in [-0.39, 0.29) is 0 Å². The molecule has 0 saturated carbocycles. The fourth-order valence-corrected chi connectivity index (χ4v) is 2.59. The van der Waals surface area contributed by atoms with Crippen molar-refractivity contribution in [1.82, 2.24) is 10.2 Å². The first-order chi connectivity index (χ1) is 8.19. The van der Waals surface area contributed by atoms with Gasteiger partial charge in [0.1, 0.15) is 0 Å². The van der Waals surface area contributed by atoms with Crippen LogP contribution in [0.25, 0.3) is 0 Å². The first-order valence-corrected chi connectivity index (χ1v) is 6.83. The molecule has 0 saturated heterocycles. The number of anilines is 1. The predicted molar refractivity (Wildman–Crippen MR) is 71.2 cm³/mol. The monoisotopic (exact) mass is 316 g/mol. The van der Waals surface area contributed by atoms with Crippen molar-refractivity contribution < 1.29 is 4.42 Å². The summed E-state index contributed by atoms with van der Waals surface area (Å²) >= 11 is 5.10. The third-order valence-corrected chi connectivity index (χ3v) is 3.74. The Morgan fingerprint density at radius 2 is 2.35 bits per heavy atom. The maximum absolute atomic E-state index is 5.48. The van der Waals surface area contributed by atoms with Crippen molar-refractivity contribution in [2.75, 3.05) is 18.5 Å². The zero-order chi connectivity index (χ0) is 12.3. The number of nitrogens with zero attached hydrogens (tertiary/aromatic N) is 3. The lowest BCUT2D eigenvalue weighted by Crippen LogP contribution is -2.16. The van der Waals surface area contributed by atoms with E-state index >= 15 is 0 Å². The maximum Gasteiger partial charge on any atom is 0.318 e.